The van der Waals surface area contributed by atoms with E-state index in [0.717, 1.165) is 19.3 Å². The van der Waals surface area contributed by atoms with E-state index in [1.807, 2.05) is 13.8 Å². The molecule has 0 radical (unpaired) electrons. The molecule has 1 N–H and O–H groups in total. The Hall–Kier alpha value is -2.70. The first-order valence-electron chi connectivity index (χ1n) is 8.90. The molecule has 0 spiro atoms. The molecule has 7 heteroatoms. The number of fused-ring (bicyclic) bond motifs is 1. The summed E-state index contributed by atoms with van der Waals surface area (Å²) in [5.41, 5.74) is -0.181. The fraction of sp³-hybridized carbons (Fsp3) is 0.474. The molecule has 1 heterocycles. The summed E-state index contributed by atoms with van der Waals surface area (Å²) in [6, 6.07) is 6.75. The summed E-state index contributed by atoms with van der Waals surface area (Å²) >= 11 is 0. The molecule has 0 aliphatic heterocycles. The summed E-state index contributed by atoms with van der Waals surface area (Å²) in [6.45, 7) is 5.76. The highest BCUT2D eigenvalue weighted by Gasteiger charge is 2.19. The van der Waals surface area contributed by atoms with E-state index in [1.165, 1.54) is 4.68 Å². The number of benzene rings is 1. The lowest BCUT2D eigenvalue weighted by atomic mass is 10.1. The maximum Gasteiger partial charge on any atom is 0.359 e. The number of amides is 1. The monoisotopic (exact) mass is 359 g/mol. The van der Waals surface area contributed by atoms with Gasteiger partial charge >= 0.3 is 5.97 Å². The molecule has 0 saturated heterocycles. The van der Waals surface area contributed by atoms with Crippen LogP contribution in [0.2, 0.25) is 0 Å². The standard InChI is InChI=1S/C19H25N3O4/c1-4-5-8-11-22-18(24)15-10-7-6-9-14(15)17(21-22)19(25)26-12-16(23)20-13(2)3/h6-7,9-10,13H,4-5,8,11-12H2,1-3H3,(H,20,23). The van der Waals surface area contributed by atoms with Crippen molar-refractivity contribution < 1.29 is 14.3 Å². The summed E-state index contributed by atoms with van der Waals surface area (Å²) in [5.74, 6) is -1.10. The van der Waals surface area contributed by atoms with E-state index in [4.69, 9.17) is 4.74 Å². The zero-order chi connectivity index (χ0) is 19.1. The van der Waals surface area contributed by atoms with Crippen molar-refractivity contribution >= 4 is 22.6 Å². The molecule has 0 unspecified atom stereocenters. The van der Waals surface area contributed by atoms with Crippen LogP contribution < -0.4 is 10.9 Å². The van der Waals surface area contributed by atoms with Crippen molar-refractivity contribution in [2.24, 2.45) is 0 Å². The summed E-state index contributed by atoms with van der Waals surface area (Å²) in [4.78, 5) is 36.7. The Balaban J connectivity index is 2.29. The predicted molar refractivity (Wildman–Crippen MR) is 99.1 cm³/mol. The molecular formula is C19H25N3O4. The normalized spacial score (nSPS) is 10.9. The van der Waals surface area contributed by atoms with Crippen LogP contribution in [0.1, 0.15) is 50.5 Å². The molecule has 7 nitrogen and oxygen atoms in total. The van der Waals surface area contributed by atoms with Gasteiger partial charge in [0.05, 0.1) is 5.39 Å². The van der Waals surface area contributed by atoms with Crippen LogP contribution in [-0.4, -0.2) is 34.3 Å². The molecule has 2 rings (SSSR count). The Morgan fingerprint density at radius 2 is 1.88 bits per heavy atom. The Morgan fingerprint density at radius 1 is 1.19 bits per heavy atom. The largest absolute Gasteiger partial charge is 0.451 e. The number of unbranched alkanes of at least 4 members (excludes halogenated alkanes) is 2. The second-order valence-electron chi connectivity index (χ2n) is 6.43. The van der Waals surface area contributed by atoms with Crippen LogP contribution >= 0.6 is 0 Å². The first-order valence-corrected chi connectivity index (χ1v) is 8.90. The van der Waals surface area contributed by atoms with Gasteiger partial charge in [-0.05, 0) is 26.3 Å². The Kier molecular flexibility index (Phi) is 6.89. The van der Waals surface area contributed by atoms with Gasteiger partial charge in [0.15, 0.2) is 12.3 Å². The van der Waals surface area contributed by atoms with E-state index >= 15 is 0 Å². The molecule has 0 aliphatic rings. The number of carbonyl (C=O) groups is 2. The zero-order valence-electron chi connectivity index (χ0n) is 15.4. The van der Waals surface area contributed by atoms with Gasteiger partial charge in [0.2, 0.25) is 0 Å². The van der Waals surface area contributed by atoms with Crippen LogP contribution in [0.5, 0.6) is 0 Å². The molecular weight excluding hydrogens is 334 g/mol. The van der Waals surface area contributed by atoms with Gasteiger partial charge < -0.3 is 10.1 Å². The summed E-state index contributed by atoms with van der Waals surface area (Å²) in [6.07, 6.45) is 2.78. The number of carbonyl (C=O) groups excluding carboxylic acids is 2. The van der Waals surface area contributed by atoms with Crippen LogP contribution in [0.3, 0.4) is 0 Å². The van der Waals surface area contributed by atoms with Crippen molar-refractivity contribution in [1.82, 2.24) is 15.1 Å². The van der Waals surface area contributed by atoms with Gasteiger partial charge in [-0.3, -0.25) is 9.59 Å². The first kappa shape index (κ1) is 19.6. The van der Waals surface area contributed by atoms with E-state index in [9.17, 15) is 14.4 Å². The number of ether oxygens (including phenoxy) is 1. The van der Waals surface area contributed by atoms with Gasteiger partial charge in [0.1, 0.15) is 0 Å². The van der Waals surface area contributed by atoms with Crippen molar-refractivity contribution in [1.29, 1.82) is 0 Å². The molecule has 1 aromatic carbocycles. The van der Waals surface area contributed by atoms with Crippen LogP contribution in [0.15, 0.2) is 29.1 Å². The van der Waals surface area contributed by atoms with E-state index in [-0.39, 0.29) is 29.8 Å². The van der Waals surface area contributed by atoms with Crippen LogP contribution in [0.4, 0.5) is 0 Å². The fourth-order valence-electron chi connectivity index (χ4n) is 2.61. The van der Waals surface area contributed by atoms with Crippen molar-refractivity contribution in [2.45, 2.75) is 52.6 Å². The highest BCUT2D eigenvalue weighted by atomic mass is 16.5. The van der Waals surface area contributed by atoms with Gasteiger partial charge in [-0.1, -0.05) is 38.0 Å². The number of hydrogen-bond donors (Lipinski definition) is 1. The predicted octanol–water partition coefficient (Wildman–Crippen LogP) is 2.27. The Morgan fingerprint density at radius 3 is 2.54 bits per heavy atom. The van der Waals surface area contributed by atoms with Crippen LogP contribution in [-0.2, 0) is 16.1 Å². The lowest BCUT2D eigenvalue weighted by Crippen LogP contribution is -2.34. The lowest BCUT2D eigenvalue weighted by molar-refractivity contribution is -0.124. The van der Waals surface area contributed by atoms with Gasteiger partial charge in [0, 0.05) is 18.0 Å². The first-order chi connectivity index (χ1) is 12.4. The molecule has 26 heavy (non-hydrogen) atoms. The number of aryl methyl sites for hydroxylation is 1. The van der Waals surface area contributed by atoms with Gasteiger partial charge in [0.25, 0.3) is 11.5 Å². The topological polar surface area (TPSA) is 90.3 Å². The van der Waals surface area contributed by atoms with Crippen molar-refractivity contribution in [3.05, 3.63) is 40.3 Å². The molecule has 0 fully saturated rings. The molecule has 0 aliphatic carbocycles. The highest BCUT2D eigenvalue weighted by Crippen LogP contribution is 2.14. The number of aromatic nitrogens is 2. The average molecular weight is 359 g/mol. The Bertz CT molecular complexity index is 842. The summed E-state index contributed by atoms with van der Waals surface area (Å²) in [7, 11) is 0. The number of rotatable bonds is 8. The molecule has 140 valence electrons. The average Bonchev–Trinajstić information content (AvgIpc) is 2.61. The molecule has 1 amide bonds. The maximum absolute atomic E-state index is 12.6. The van der Waals surface area contributed by atoms with Crippen LogP contribution in [0.25, 0.3) is 10.8 Å². The van der Waals surface area contributed by atoms with Gasteiger partial charge in [-0.25, -0.2) is 9.48 Å². The van der Waals surface area contributed by atoms with Crippen LogP contribution in [0, 0.1) is 0 Å². The number of esters is 1. The third kappa shape index (κ3) is 4.91. The third-order valence-corrected chi connectivity index (χ3v) is 3.82. The molecule has 0 atom stereocenters. The molecule has 2 aromatic rings. The molecule has 0 saturated carbocycles. The smallest absolute Gasteiger partial charge is 0.359 e. The van der Waals surface area contributed by atoms with Gasteiger partial charge in [-0.15, -0.1) is 0 Å². The van der Waals surface area contributed by atoms with E-state index < -0.39 is 5.97 Å². The number of nitrogens with one attached hydrogen (secondary N) is 1. The highest BCUT2D eigenvalue weighted by molar-refractivity contribution is 6.02. The summed E-state index contributed by atoms with van der Waals surface area (Å²) < 4.78 is 6.40. The van der Waals surface area contributed by atoms with Crippen molar-refractivity contribution in [3.63, 3.8) is 0 Å². The second-order valence-corrected chi connectivity index (χ2v) is 6.43. The minimum absolute atomic E-state index is 0.0411. The second kappa shape index (κ2) is 9.12. The van der Waals surface area contributed by atoms with Gasteiger partial charge in [-0.2, -0.15) is 5.10 Å². The SMILES string of the molecule is CCCCCn1nc(C(=O)OCC(=O)NC(C)C)c2ccccc2c1=O. The lowest BCUT2D eigenvalue weighted by Gasteiger charge is -2.11. The fourth-order valence-corrected chi connectivity index (χ4v) is 2.61. The minimum Gasteiger partial charge on any atom is -0.451 e. The zero-order valence-corrected chi connectivity index (χ0v) is 15.4. The van der Waals surface area contributed by atoms with Crippen molar-refractivity contribution in [3.8, 4) is 0 Å². The van der Waals surface area contributed by atoms with E-state index in [1.54, 1.807) is 24.3 Å². The molecule has 0 bridgehead atoms. The van der Waals surface area contributed by atoms with Crippen molar-refractivity contribution in [2.75, 3.05) is 6.61 Å². The Labute approximate surface area is 152 Å². The quantitative estimate of drug-likeness (QED) is 0.577. The maximum atomic E-state index is 12.6. The number of hydrogen-bond acceptors (Lipinski definition) is 5. The minimum atomic E-state index is -0.718. The molecule has 1 aromatic heterocycles. The number of nitrogens with zero attached hydrogens (tertiary/aromatic N) is 2. The van der Waals surface area contributed by atoms with E-state index in [0.29, 0.717) is 17.3 Å². The van der Waals surface area contributed by atoms with E-state index in [2.05, 4.69) is 17.3 Å². The summed E-state index contributed by atoms with van der Waals surface area (Å²) in [5, 5.41) is 7.70. The third-order valence-electron chi connectivity index (χ3n) is 3.82.